The summed E-state index contributed by atoms with van der Waals surface area (Å²) in [6.07, 6.45) is 8.40. The fourth-order valence-electron chi connectivity index (χ4n) is 2.38. The lowest BCUT2D eigenvalue weighted by atomic mass is 10.0. The van der Waals surface area contributed by atoms with Crippen LogP contribution in [0.5, 0.6) is 0 Å². The minimum Gasteiger partial charge on any atom is -0.465 e. The summed E-state index contributed by atoms with van der Waals surface area (Å²) < 4.78 is 0. The molecule has 1 aromatic heterocycles. The van der Waals surface area contributed by atoms with Gasteiger partial charge in [-0.2, -0.15) is 0 Å². The maximum Gasteiger partial charge on any atom is 0.404 e. The maximum atomic E-state index is 12.2. The predicted molar refractivity (Wildman–Crippen MR) is 107 cm³/mol. The molecule has 0 bridgehead atoms. The number of nitrogens with one attached hydrogen (secondary N) is 2. The van der Waals surface area contributed by atoms with Crippen molar-refractivity contribution in [1.82, 2.24) is 10.3 Å². The van der Waals surface area contributed by atoms with Gasteiger partial charge in [0.15, 0.2) is 0 Å². The van der Waals surface area contributed by atoms with Gasteiger partial charge in [-0.05, 0) is 24.1 Å². The van der Waals surface area contributed by atoms with E-state index in [9.17, 15) is 9.59 Å². The average Bonchev–Trinajstić information content (AvgIpc) is 2.67. The number of aromatic nitrogens is 1. The number of carbonyl (C=O) groups excluding carboxylic acids is 1. The molecule has 6 nitrogen and oxygen atoms in total. The van der Waals surface area contributed by atoms with E-state index in [1.54, 1.807) is 25.4 Å². The Kier molecular flexibility index (Phi) is 7.31. The SMILES string of the molecule is C=C[C@@H](C)C(=O)Nc1ccccc1-c1cncc(C=CCCNC(=O)O)c1. The van der Waals surface area contributed by atoms with Gasteiger partial charge in [-0.15, -0.1) is 6.58 Å². The number of nitrogens with zero attached hydrogens (tertiary/aromatic N) is 1. The first-order valence-electron chi connectivity index (χ1n) is 8.62. The van der Waals surface area contributed by atoms with Crippen molar-refractivity contribution in [2.45, 2.75) is 13.3 Å². The first kappa shape index (κ1) is 19.9. The van der Waals surface area contributed by atoms with E-state index in [0.717, 1.165) is 16.7 Å². The van der Waals surface area contributed by atoms with Crippen molar-refractivity contribution < 1.29 is 14.7 Å². The average molecular weight is 365 g/mol. The van der Waals surface area contributed by atoms with Crippen LogP contribution in [0.2, 0.25) is 0 Å². The molecule has 1 atom stereocenters. The number of para-hydroxylation sites is 1. The van der Waals surface area contributed by atoms with E-state index < -0.39 is 6.09 Å². The number of amides is 2. The summed E-state index contributed by atoms with van der Waals surface area (Å²) in [7, 11) is 0. The van der Waals surface area contributed by atoms with Crippen molar-refractivity contribution in [2.24, 2.45) is 5.92 Å². The fraction of sp³-hybridized carbons (Fsp3) is 0.190. The number of benzene rings is 1. The Bertz CT molecular complexity index is 846. The standard InChI is InChI=1S/C21H23N3O3/c1-3-15(2)20(25)24-19-10-5-4-9-18(19)17-12-16(13-22-14-17)8-6-7-11-23-21(26)27/h3-6,8-10,12-15,23H,1,7,11H2,2H3,(H,24,25)(H,26,27)/t15-/m1/s1. The van der Waals surface area contributed by atoms with Gasteiger partial charge in [-0.25, -0.2) is 4.79 Å². The smallest absolute Gasteiger partial charge is 0.404 e. The number of hydrogen-bond acceptors (Lipinski definition) is 3. The van der Waals surface area contributed by atoms with Crippen molar-refractivity contribution in [3.05, 3.63) is 67.0 Å². The number of carboxylic acid groups (broad SMARTS) is 1. The van der Waals surface area contributed by atoms with Crippen LogP contribution >= 0.6 is 0 Å². The summed E-state index contributed by atoms with van der Waals surface area (Å²) in [6, 6.07) is 9.51. The minimum atomic E-state index is -1.03. The Morgan fingerprint density at radius 1 is 1.30 bits per heavy atom. The zero-order valence-corrected chi connectivity index (χ0v) is 15.2. The third kappa shape index (κ3) is 6.11. The van der Waals surface area contributed by atoms with Crippen LogP contribution in [0.4, 0.5) is 10.5 Å². The van der Waals surface area contributed by atoms with Crippen LogP contribution in [-0.2, 0) is 4.79 Å². The normalized spacial score (nSPS) is 11.7. The minimum absolute atomic E-state index is 0.118. The molecule has 0 fully saturated rings. The van der Waals surface area contributed by atoms with Crippen LogP contribution in [0, 0.1) is 5.92 Å². The van der Waals surface area contributed by atoms with Gasteiger partial charge in [0.05, 0.1) is 5.92 Å². The Morgan fingerprint density at radius 3 is 2.81 bits per heavy atom. The van der Waals surface area contributed by atoms with Gasteiger partial charge in [0.1, 0.15) is 0 Å². The molecule has 0 aliphatic carbocycles. The third-order valence-electron chi connectivity index (χ3n) is 3.92. The molecule has 27 heavy (non-hydrogen) atoms. The molecule has 1 heterocycles. The molecule has 1 aromatic carbocycles. The fourth-order valence-corrected chi connectivity index (χ4v) is 2.38. The van der Waals surface area contributed by atoms with E-state index in [1.807, 2.05) is 42.5 Å². The number of anilines is 1. The van der Waals surface area contributed by atoms with Gasteiger partial charge in [0.25, 0.3) is 0 Å². The molecule has 0 aliphatic rings. The maximum absolute atomic E-state index is 12.2. The van der Waals surface area contributed by atoms with Crippen LogP contribution in [-0.4, -0.2) is 28.6 Å². The third-order valence-corrected chi connectivity index (χ3v) is 3.92. The Morgan fingerprint density at radius 2 is 2.07 bits per heavy atom. The van der Waals surface area contributed by atoms with Gasteiger partial charge in [0, 0.05) is 35.8 Å². The van der Waals surface area contributed by atoms with Gasteiger partial charge < -0.3 is 15.7 Å². The lowest BCUT2D eigenvalue weighted by Crippen LogP contribution is -2.21. The molecule has 3 N–H and O–H groups in total. The molecule has 0 unspecified atom stereocenters. The van der Waals surface area contributed by atoms with E-state index in [0.29, 0.717) is 18.7 Å². The lowest BCUT2D eigenvalue weighted by molar-refractivity contribution is -0.118. The highest BCUT2D eigenvalue weighted by Crippen LogP contribution is 2.28. The second-order valence-electron chi connectivity index (χ2n) is 5.99. The molecule has 2 aromatic rings. The largest absolute Gasteiger partial charge is 0.465 e. The summed E-state index contributed by atoms with van der Waals surface area (Å²) in [4.78, 5) is 26.9. The van der Waals surface area contributed by atoms with Crippen LogP contribution in [0.3, 0.4) is 0 Å². The van der Waals surface area contributed by atoms with Crippen molar-refractivity contribution >= 4 is 23.8 Å². The molecule has 6 heteroatoms. The first-order valence-corrected chi connectivity index (χ1v) is 8.62. The molecule has 2 rings (SSSR count). The lowest BCUT2D eigenvalue weighted by Gasteiger charge is -2.13. The second kappa shape index (κ2) is 9.91. The van der Waals surface area contributed by atoms with Crippen molar-refractivity contribution in [1.29, 1.82) is 0 Å². The highest BCUT2D eigenvalue weighted by Gasteiger charge is 2.12. The van der Waals surface area contributed by atoms with E-state index in [2.05, 4.69) is 22.2 Å². The number of hydrogen-bond donors (Lipinski definition) is 3. The van der Waals surface area contributed by atoms with Gasteiger partial charge in [-0.3, -0.25) is 9.78 Å². The first-order chi connectivity index (χ1) is 13.0. The zero-order valence-electron chi connectivity index (χ0n) is 15.2. The molecular formula is C21H23N3O3. The van der Waals surface area contributed by atoms with Crippen LogP contribution in [0.1, 0.15) is 18.9 Å². The molecule has 0 aliphatic heterocycles. The number of rotatable bonds is 8. The van der Waals surface area contributed by atoms with E-state index in [4.69, 9.17) is 5.11 Å². The van der Waals surface area contributed by atoms with Gasteiger partial charge in [0.2, 0.25) is 5.91 Å². The van der Waals surface area contributed by atoms with E-state index >= 15 is 0 Å². The summed E-state index contributed by atoms with van der Waals surface area (Å²) in [6.45, 7) is 5.80. The molecule has 2 amide bonds. The summed E-state index contributed by atoms with van der Waals surface area (Å²) >= 11 is 0. The highest BCUT2D eigenvalue weighted by molar-refractivity contribution is 5.97. The Balaban J connectivity index is 2.17. The zero-order chi connectivity index (χ0) is 19.6. The van der Waals surface area contributed by atoms with E-state index in [-0.39, 0.29) is 11.8 Å². The highest BCUT2D eigenvalue weighted by atomic mass is 16.4. The summed E-state index contributed by atoms with van der Waals surface area (Å²) in [5.41, 5.74) is 3.36. The topological polar surface area (TPSA) is 91.3 Å². The molecule has 140 valence electrons. The van der Waals surface area contributed by atoms with Crippen LogP contribution in [0.25, 0.3) is 17.2 Å². The molecule has 0 saturated carbocycles. The monoisotopic (exact) mass is 365 g/mol. The summed E-state index contributed by atoms with van der Waals surface area (Å²) in [5.74, 6) is -0.405. The van der Waals surface area contributed by atoms with Gasteiger partial charge >= 0.3 is 6.09 Å². The second-order valence-corrected chi connectivity index (χ2v) is 5.99. The van der Waals surface area contributed by atoms with Crippen LogP contribution < -0.4 is 10.6 Å². The van der Waals surface area contributed by atoms with Crippen molar-refractivity contribution in [2.75, 3.05) is 11.9 Å². The quantitative estimate of drug-likeness (QED) is 0.483. The van der Waals surface area contributed by atoms with E-state index in [1.165, 1.54) is 0 Å². The molecular weight excluding hydrogens is 342 g/mol. The molecule has 0 radical (unpaired) electrons. The number of carbonyl (C=O) groups is 2. The predicted octanol–water partition coefficient (Wildman–Crippen LogP) is 4.18. The Labute approximate surface area is 158 Å². The Hall–Kier alpha value is -3.41. The number of pyridine rings is 1. The van der Waals surface area contributed by atoms with Gasteiger partial charge in [-0.1, -0.05) is 43.4 Å². The summed E-state index contributed by atoms with van der Waals surface area (Å²) in [5, 5.41) is 13.8. The van der Waals surface area contributed by atoms with Crippen LogP contribution in [0.15, 0.2) is 61.5 Å². The van der Waals surface area contributed by atoms with Crippen molar-refractivity contribution in [3.63, 3.8) is 0 Å². The molecule has 0 saturated heterocycles. The molecule has 0 spiro atoms. The van der Waals surface area contributed by atoms with Crippen molar-refractivity contribution in [3.8, 4) is 11.1 Å².